The van der Waals surface area contributed by atoms with E-state index in [1.807, 2.05) is 66.7 Å². The zero-order chi connectivity index (χ0) is 27.3. The van der Waals surface area contributed by atoms with Gasteiger partial charge in [0.25, 0.3) is 5.91 Å². The summed E-state index contributed by atoms with van der Waals surface area (Å²) in [6.45, 7) is 3.43. The van der Waals surface area contributed by atoms with Crippen molar-refractivity contribution >= 4 is 35.8 Å². The van der Waals surface area contributed by atoms with Gasteiger partial charge in [-0.3, -0.25) is 4.79 Å². The van der Waals surface area contributed by atoms with E-state index in [2.05, 4.69) is 5.32 Å². The first-order chi connectivity index (χ1) is 18.1. The number of nitrogens with two attached hydrogens (primary N) is 2. The average Bonchev–Trinajstić information content (AvgIpc) is 2.89. The number of carbonyl (C=O) groups is 2. The summed E-state index contributed by atoms with van der Waals surface area (Å²) < 4.78 is 17.7. The molecule has 0 aromatic heterocycles. The zero-order valence-corrected chi connectivity index (χ0v) is 22.2. The SMILES string of the molecule is CP(C)(=O)c1ccc(CC(OC(N)=O)c2ccc(C(=O)Nc3cc(-c4ccccc4)ccc3N)cc2)cc1. The molecule has 0 saturated heterocycles. The normalized spacial score (nSPS) is 11.9. The summed E-state index contributed by atoms with van der Waals surface area (Å²) in [5, 5.41) is 3.66. The van der Waals surface area contributed by atoms with E-state index in [9.17, 15) is 14.2 Å². The Morgan fingerprint density at radius 1 is 0.868 bits per heavy atom. The van der Waals surface area contributed by atoms with E-state index < -0.39 is 19.3 Å². The van der Waals surface area contributed by atoms with Crippen LogP contribution in [0, 0.1) is 0 Å². The number of primary amides is 1. The molecule has 0 aliphatic carbocycles. The summed E-state index contributed by atoms with van der Waals surface area (Å²) in [7, 11) is -2.37. The highest BCUT2D eigenvalue weighted by Crippen LogP contribution is 2.34. The lowest BCUT2D eigenvalue weighted by molar-refractivity contribution is 0.102. The highest BCUT2D eigenvalue weighted by atomic mass is 31.2. The van der Waals surface area contributed by atoms with Crippen LogP contribution in [0.1, 0.15) is 27.6 Å². The average molecular weight is 528 g/mol. The van der Waals surface area contributed by atoms with Crippen molar-refractivity contribution in [1.29, 1.82) is 0 Å². The largest absolute Gasteiger partial charge is 0.441 e. The van der Waals surface area contributed by atoms with Gasteiger partial charge in [-0.1, -0.05) is 72.8 Å². The molecule has 0 spiro atoms. The lowest BCUT2D eigenvalue weighted by Crippen LogP contribution is -2.19. The molecular weight excluding hydrogens is 497 g/mol. The summed E-state index contributed by atoms with van der Waals surface area (Å²) in [4.78, 5) is 24.6. The summed E-state index contributed by atoms with van der Waals surface area (Å²) in [5.74, 6) is -0.319. The number of hydrogen-bond donors (Lipinski definition) is 3. The van der Waals surface area contributed by atoms with Crippen LogP contribution in [-0.2, 0) is 15.7 Å². The third-order valence-electron chi connectivity index (χ3n) is 6.19. The van der Waals surface area contributed by atoms with Crippen LogP contribution in [0.5, 0.6) is 0 Å². The zero-order valence-electron chi connectivity index (χ0n) is 21.3. The molecule has 1 unspecified atom stereocenters. The van der Waals surface area contributed by atoms with Crippen molar-refractivity contribution in [1.82, 2.24) is 0 Å². The Balaban J connectivity index is 1.50. The standard InChI is InChI=1S/C30H30N3O4P/c1-38(2,36)25-15-8-20(9-16-25)18-28(37-30(32)35)22-10-12-23(13-11-22)29(34)33-27-19-24(14-17-26(27)31)21-6-4-3-5-7-21/h3-17,19,28H,18,31H2,1-2H3,(H2,32,35)(H,33,34). The topological polar surface area (TPSA) is 125 Å². The number of hydrogen-bond acceptors (Lipinski definition) is 5. The van der Waals surface area contributed by atoms with Crippen molar-refractivity contribution in [2.75, 3.05) is 24.4 Å². The van der Waals surface area contributed by atoms with E-state index >= 15 is 0 Å². The van der Waals surface area contributed by atoms with Gasteiger partial charge in [-0.25, -0.2) is 4.79 Å². The van der Waals surface area contributed by atoms with Gasteiger partial charge >= 0.3 is 6.09 Å². The van der Waals surface area contributed by atoms with E-state index in [-0.39, 0.29) is 5.91 Å². The maximum absolute atomic E-state index is 13.0. The van der Waals surface area contributed by atoms with Gasteiger partial charge in [0, 0.05) is 17.3 Å². The van der Waals surface area contributed by atoms with Crippen LogP contribution in [0.4, 0.5) is 16.2 Å². The first-order valence-corrected chi connectivity index (χ1v) is 14.7. The van der Waals surface area contributed by atoms with Gasteiger partial charge in [-0.05, 0) is 59.8 Å². The monoisotopic (exact) mass is 527 g/mol. The molecule has 7 nitrogen and oxygen atoms in total. The molecule has 5 N–H and O–H groups in total. The number of carbonyl (C=O) groups excluding carboxylic acids is 2. The number of benzene rings is 4. The Labute approximate surface area is 222 Å². The smallest absolute Gasteiger partial charge is 0.405 e. The van der Waals surface area contributed by atoms with Gasteiger partial charge < -0.3 is 26.1 Å². The third kappa shape index (κ3) is 6.69. The van der Waals surface area contributed by atoms with Crippen LogP contribution in [0.25, 0.3) is 11.1 Å². The molecule has 0 heterocycles. The fourth-order valence-corrected chi connectivity index (χ4v) is 4.96. The summed E-state index contributed by atoms with van der Waals surface area (Å²) in [5.41, 5.74) is 16.4. The molecular formula is C30H30N3O4P. The molecule has 0 aliphatic rings. The summed E-state index contributed by atoms with van der Waals surface area (Å²) in [6, 6.07) is 29.5. The van der Waals surface area contributed by atoms with Gasteiger partial charge in [0.2, 0.25) is 0 Å². The quantitative estimate of drug-likeness (QED) is 0.197. The van der Waals surface area contributed by atoms with Crippen LogP contribution >= 0.6 is 7.14 Å². The van der Waals surface area contributed by atoms with Crippen LogP contribution in [0.3, 0.4) is 0 Å². The lowest BCUT2D eigenvalue weighted by atomic mass is 10.00. The lowest BCUT2D eigenvalue weighted by Gasteiger charge is -2.18. The second-order valence-corrected chi connectivity index (χ2v) is 12.6. The highest BCUT2D eigenvalue weighted by molar-refractivity contribution is 7.70. The summed E-state index contributed by atoms with van der Waals surface area (Å²) in [6.07, 6.45) is -1.17. The van der Waals surface area contributed by atoms with Gasteiger partial charge in [-0.2, -0.15) is 0 Å². The fraction of sp³-hybridized carbons (Fsp3) is 0.133. The molecule has 0 bridgehead atoms. The van der Waals surface area contributed by atoms with Gasteiger partial charge in [0.05, 0.1) is 11.4 Å². The summed E-state index contributed by atoms with van der Waals surface area (Å²) >= 11 is 0. The minimum Gasteiger partial charge on any atom is -0.441 e. The Kier molecular flexibility index (Phi) is 7.99. The molecule has 0 saturated carbocycles. The van der Waals surface area contributed by atoms with Crippen molar-refractivity contribution in [3.63, 3.8) is 0 Å². The second-order valence-electron chi connectivity index (χ2n) is 9.39. The van der Waals surface area contributed by atoms with Crippen LogP contribution in [0.2, 0.25) is 0 Å². The molecule has 8 heteroatoms. The van der Waals surface area contributed by atoms with Crippen LogP contribution < -0.4 is 22.1 Å². The van der Waals surface area contributed by atoms with E-state index in [1.165, 1.54) is 0 Å². The van der Waals surface area contributed by atoms with Crippen molar-refractivity contribution in [3.8, 4) is 11.1 Å². The molecule has 4 rings (SSSR count). The fourth-order valence-electron chi connectivity index (χ4n) is 4.09. The first kappa shape index (κ1) is 26.7. The maximum atomic E-state index is 13.0. The van der Waals surface area contributed by atoms with Gasteiger partial charge in [0.1, 0.15) is 13.2 Å². The van der Waals surface area contributed by atoms with E-state index in [4.69, 9.17) is 16.2 Å². The molecule has 2 amide bonds. The van der Waals surface area contributed by atoms with E-state index in [1.54, 1.807) is 43.7 Å². The van der Waals surface area contributed by atoms with Crippen molar-refractivity contribution in [2.24, 2.45) is 5.73 Å². The molecule has 194 valence electrons. The number of ether oxygens (including phenoxy) is 1. The van der Waals surface area contributed by atoms with Crippen LogP contribution in [0.15, 0.2) is 97.1 Å². The molecule has 38 heavy (non-hydrogen) atoms. The van der Waals surface area contributed by atoms with Crippen LogP contribution in [-0.4, -0.2) is 25.3 Å². The minimum atomic E-state index is -2.37. The molecule has 0 fully saturated rings. The predicted octanol–water partition coefficient (Wildman–Crippen LogP) is 5.82. The molecule has 0 aliphatic heterocycles. The van der Waals surface area contributed by atoms with Gasteiger partial charge in [0.15, 0.2) is 0 Å². The Morgan fingerprint density at radius 3 is 2.13 bits per heavy atom. The minimum absolute atomic E-state index is 0.319. The molecule has 4 aromatic carbocycles. The van der Waals surface area contributed by atoms with Gasteiger partial charge in [-0.15, -0.1) is 0 Å². The Morgan fingerprint density at radius 2 is 1.53 bits per heavy atom. The molecule has 4 aromatic rings. The maximum Gasteiger partial charge on any atom is 0.405 e. The number of nitrogen functional groups attached to an aromatic ring is 1. The Bertz CT molecular complexity index is 1480. The first-order valence-electron chi connectivity index (χ1n) is 12.1. The Hall–Kier alpha value is -4.35. The number of nitrogens with one attached hydrogen (secondary N) is 1. The van der Waals surface area contributed by atoms with Crippen molar-refractivity contribution < 1.29 is 18.9 Å². The predicted molar refractivity (Wildman–Crippen MR) is 153 cm³/mol. The number of anilines is 2. The van der Waals surface area contributed by atoms with Crippen molar-refractivity contribution in [3.05, 3.63) is 114 Å². The highest BCUT2D eigenvalue weighted by Gasteiger charge is 2.18. The second kappa shape index (κ2) is 11.4. The van der Waals surface area contributed by atoms with E-state index in [0.29, 0.717) is 28.9 Å². The number of amides is 2. The van der Waals surface area contributed by atoms with Crippen molar-refractivity contribution in [2.45, 2.75) is 12.5 Å². The molecule has 0 radical (unpaired) electrons. The van der Waals surface area contributed by atoms with E-state index in [0.717, 1.165) is 22.0 Å². The molecule has 1 atom stereocenters. The third-order valence-corrected chi connectivity index (χ3v) is 7.73. The number of rotatable bonds is 8.